The molecule has 0 spiro atoms. The van der Waals surface area contributed by atoms with Crippen LogP contribution < -0.4 is 0 Å². The summed E-state index contributed by atoms with van der Waals surface area (Å²) in [6, 6.07) is 3.76. The third kappa shape index (κ3) is 1.86. The SMILES string of the molecule is O=C(O)c1ccc(C(=O)O)c2c1C(=O)c1c(O)ccc(O)c1C2=O. The van der Waals surface area contributed by atoms with Crippen LogP contribution in [0.4, 0.5) is 0 Å². The van der Waals surface area contributed by atoms with Crippen LogP contribution in [0.5, 0.6) is 11.5 Å². The van der Waals surface area contributed by atoms with Crippen LogP contribution in [0.25, 0.3) is 0 Å². The first kappa shape index (κ1) is 15.2. The predicted octanol–water partition coefficient (Wildman–Crippen LogP) is 1.27. The molecule has 8 heteroatoms. The molecule has 0 radical (unpaired) electrons. The van der Waals surface area contributed by atoms with Crippen molar-refractivity contribution < 1.29 is 39.6 Å². The maximum absolute atomic E-state index is 12.6. The minimum atomic E-state index is -1.53. The highest BCUT2D eigenvalue weighted by molar-refractivity contribution is 6.34. The molecule has 0 unspecified atom stereocenters. The van der Waals surface area contributed by atoms with Gasteiger partial charge in [0.2, 0.25) is 0 Å². The molecule has 1 aliphatic carbocycles. The summed E-state index contributed by atoms with van der Waals surface area (Å²) in [5, 5.41) is 38.2. The predicted molar refractivity (Wildman–Crippen MR) is 77.0 cm³/mol. The van der Waals surface area contributed by atoms with E-state index in [0.29, 0.717) is 0 Å². The van der Waals surface area contributed by atoms with Crippen LogP contribution in [0.2, 0.25) is 0 Å². The number of carboxylic acids is 2. The fourth-order valence-electron chi connectivity index (χ4n) is 2.72. The van der Waals surface area contributed by atoms with Gasteiger partial charge < -0.3 is 20.4 Å². The highest BCUT2D eigenvalue weighted by atomic mass is 16.4. The Kier molecular flexibility index (Phi) is 3.12. The number of phenolic OH excluding ortho intramolecular Hbond substituents is 2. The van der Waals surface area contributed by atoms with Crippen molar-refractivity contribution in [2.24, 2.45) is 0 Å². The van der Waals surface area contributed by atoms with E-state index in [1.54, 1.807) is 0 Å². The maximum Gasteiger partial charge on any atom is 0.336 e. The molecule has 0 heterocycles. The zero-order valence-corrected chi connectivity index (χ0v) is 11.7. The molecule has 1 aliphatic rings. The maximum atomic E-state index is 12.6. The third-order valence-electron chi connectivity index (χ3n) is 3.74. The van der Waals surface area contributed by atoms with Gasteiger partial charge >= 0.3 is 11.9 Å². The average Bonchev–Trinajstić information content (AvgIpc) is 2.53. The molecule has 0 aliphatic heterocycles. The molecule has 0 aromatic heterocycles. The van der Waals surface area contributed by atoms with Gasteiger partial charge in [-0.2, -0.15) is 0 Å². The molecule has 0 amide bonds. The lowest BCUT2D eigenvalue weighted by molar-refractivity contribution is 0.0676. The molecule has 4 N–H and O–H groups in total. The molecule has 0 atom stereocenters. The van der Waals surface area contributed by atoms with Gasteiger partial charge in [0, 0.05) is 11.1 Å². The van der Waals surface area contributed by atoms with Gasteiger partial charge in [0.1, 0.15) is 11.5 Å². The number of carbonyl (C=O) groups is 4. The van der Waals surface area contributed by atoms with E-state index in [0.717, 1.165) is 24.3 Å². The molecule has 2 aromatic carbocycles. The Balaban J connectivity index is 2.50. The Morgan fingerprint density at radius 1 is 0.625 bits per heavy atom. The van der Waals surface area contributed by atoms with Crippen molar-refractivity contribution in [1.82, 2.24) is 0 Å². The van der Waals surface area contributed by atoms with Crippen molar-refractivity contribution in [2.45, 2.75) is 0 Å². The van der Waals surface area contributed by atoms with Gasteiger partial charge in [-0.25, -0.2) is 9.59 Å². The lowest BCUT2D eigenvalue weighted by Crippen LogP contribution is -2.27. The highest BCUT2D eigenvalue weighted by Crippen LogP contribution is 2.39. The van der Waals surface area contributed by atoms with Crippen LogP contribution >= 0.6 is 0 Å². The topological polar surface area (TPSA) is 149 Å². The molecule has 0 bridgehead atoms. The second kappa shape index (κ2) is 4.92. The highest BCUT2D eigenvalue weighted by Gasteiger charge is 2.39. The number of benzene rings is 2. The molecule has 2 aromatic rings. The summed E-state index contributed by atoms with van der Waals surface area (Å²) in [5.41, 5.74) is -3.50. The minimum absolute atomic E-state index is 0.558. The van der Waals surface area contributed by atoms with Crippen LogP contribution in [-0.4, -0.2) is 43.9 Å². The van der Waals surface area contributed by atoms with E-state index in [4.69, 9.17) is 0 Å². The van der Waals surface area contributed by atoms with E-state index in [1.807, 2.05) is 0 Å². The first-order valence-corrected chi connectivity index (χ1v) is 6.53. The Labute approximate surface area is 133 Å². The van der Waals surface area contributed by atoms with Crippen LogP contribution in [0, 0.1) is 0 Å². The Morgan fingerprint density at radius 2 is 0.958 bits per heavy atom. The van der Waals surface area contributed by atoms with Gasteiger partial charge in [-0.3, -0.25) is 9.59 Å². The van der Waals surface area contributed by atoms with Crippen molar-refractivity contribution >= 4 is 23.5 Å². The van der Waals surface area contributed by atoms with Crippen LogP contribution in [0.15, 0.2) is 24.3 Å². The number of phenols is 2. The monoisotopic (exact) mass is 328 g/mol. The summed E-state index contributed by atoms with van der Waals surface area (Å²) < 4.78 is 0. The summed E-state index contributed by atoms with van der Waals surface area (Å²) in [6.07, 6.45) is 0. The lowest BCUT2D eigenvalue weighted by Gasteiger charge is -2.21. The summed E-state index contributed by atoms with van der Waals surface area (Å²) in [7, 11) is 0. The first-order chi connectivity index (χ1) is 11.3. The smallest absolute Gasteiger partial charge is 0.336 e. The van der Waals surface area contributed by atoms with Gasteiger partial charge in [-0.15, -0.1) is 0 Å². The van der Waals surface area contributed by atoms with E-state index in [9.17, 15) is 39.6 Å². The molecule has 24 heavy (non-hydrogen) atoms. The Hall–Kier alpha value is -3.68. The van der Waals surface area contributed by atoms with Gasteiger partial charge in [0.05, 0.1) is 22.3 Å². The van der Waals surface area contributed by atoms with Crippen molar-refractivity contribution in [1.29, 1.82) is 0 Å². The fourth-order valence-corrected chi connectivity index (χ4v) is 2.72. The number of hydrogen-bond acceptors (Lipinski definition) is 6. The number of aromatic carboxylic acids is 2. The number of ketones is 2. The molecular formula is C16H8O8. The normalized spacial score (nSPS) is 12.5. The number of fused-ring (bicyclic) bond motifs is 2. The van der Waals surface area contributed by atoms with Crippen LogP contribution in [0.3, 0.4) is 0 Å². The lowest BCUT2D eigenvalue weighted by atomic mass is 9.79. The standard InChI is InChI=1S/C16H8O8/c17-7-3-4-8(18)12-11(7)13(19)9-5(15(21)22)1-2-6(16(23)24)10(9)14(12)20/h1-4,17-18H,(H,21,22)(H,23,24). The quantitative estimate of drug-likeness (QED) is 0.514. The zero-order valence-electron chi connectivity index (χ0n) is 11.7. The number of aromatic hydroxyl groups is 2. The number of carboxylic acid groups (broad SMARTS) is 2. The molecule has 120 valence electrons. The Bertz CT molecular complexity index is 893. The largest absolute Gasteiger partial charge is 0.507 e. The summed E-state index contributed by atoms with van der Waals surface area (Å²) in [6.45, 7) is 0. The molecular weight excluding hydrogens is 320 g/mol. The Morgan fingerprint density at radius 3 is 1.25 bits per heavy atom. The van der Waals surface area contributed by atoms with Gasteiger partial charge in [0.15, 0.2) is 11.6 Å². The summed E-state index contributed by atoms with van der Waals surface area (Å²) in [5.74, 6) is -6.41. The van der Waals surface area contributed by atoms with E-state index in [-0.39, 0.29) is 0 Å². The van der Waals surface area contributed by atoms with Crippen molar-refractivity contribution in [3.63, 3.8) is 0 Å². The van der Waals surface area contributed by atoms with Crippen LogP contribution in [-0.2, 0) is 0 Å². The van der Waals surface area contributed by atoms with Gasteiger partial charge in [-0.1, -0.05) is 0 Å². The fraction of sp³-hybridized carbons (Fsp3) is 0. The second-order valence-corrected chi connectivity index (χ2v) is 5.03. The van der Waals surface area contributed by atoms with E-state index in [2.05, 4.69) is 0 Å². The molecule has 0 saturated heterocycles. The van der Waals surface area contributed by atoms with E-state index >= 15 is 0 Å². The zero-order chi connectivity index (χ0) is 17.8. The number of hydrogen-bond donors (Lipinski definition) is 4. The van der Waals surface area contributed by atoms with Crippen molar-refractivity contribution in [3.05, 3.63) is 57.6 Å². The molecule has 0 fully saturated rings. The van der Waals surface area contributed by atoms with Crippen LogP contribution in [0.1, 0.15) is 52.6 Å². The second-order valence-electron chi connectivity index (χ2n) is 5.03. The van der Waals surface area contributed by atoms with Crippen molar-refractivity contribution in [3.8, 4) is 11.5 Å². The van der Waals surface area contributed by atoms with E-state index in [1.165, 1.54) is 0 Å². The first-order valence-electron chi connectivity index (χ1n) is 6.53. The molecule has 0 saturated carbocycles. The molecule has 8 nitrogen and oxygen atoms in total. The van der Waals surface area contributed by atoms with Gasteiger partial charge in [0.25, 0.3) is 0 Å². The summed E-state index contributed by atoms with van der Waals surface area (Å²) >= 11 is 0. The summed E-state index contributed by atoms with van der Waals surface area (Å²) in [4.78, 5) is 48.0. The minimum Gasteiger partial charge on any atom is -0.507 e. The number of rotatable bonds is 2. The number of carbonyl (C=O) groups excluding carboxylic acids is 2. The average molecular weight is 328 g/mol. The van der Waals surface area contributed by atoms with E-state index < -0.39 is 68.4 Å². The third-order valence-corrected chi connectivity index (χ3v) is 3.74. The molecule has 3 rings (SSSR count). The van der Waals surface area contributed by atoms with Gasteiger partial charge in [-0.05, 0) is 24.3 Å². The van der Waals surface area contributed by atoms with Crippen molar-refractivity contribution in [2.75, 3.05) is 0 Å².